The van der Waals surface area contributed by atoms with Crippen molar-refractivity contribution >= 4 is 27.4 Å². The molecule has 2 rings (SSSR count). The number of sulfonamides is 1. The molecule has 9 heteroatoms. The minimum Gasteiger partial charge on any atom is -0.262 e. The molecule has 0 saturated heterocycles. The molecule has 0 saturated carbocycles. The quantitative estimate of drug-likeness (QED) is 0.943. The Bertz CT molecular complexity index is 704. The zero-order valence-corrected chi connectivity index (χ0v) is 10.7. The average Bonchev–Trinajstić information content (AvgIpc) is 2.27. The Morgan fingerprint density at radius 3 is 2.37 bits per heavy atom. The molecule has 0 aliphatic heterocycles. The van der Waals surface area contributed by atoms with Gasteiger partial charge in [-0.25, -0.2) is 22.2 Å². The van der Waals surface area contributed by atoms with Crippen molar-refractivity contribution in [3.8, 4) is 0 Å². The van der Waals surface area contributed by atoms with Crippen LogP contribution >= 0.6 is 11.6 Å². The van der Waals surface area contributed by atoms with Crippen LogP contribution in [0.4, 0.5) is 14.6 Å². The van der Waals surface area contributed by atoms with E-state index in [1.54, 1.807) is 0 Å². The molecule has 1 aromatic carbocycles. The third kappa shape index (κ3) is 2.96. The first-order valence-electron chi connectivity index (χ1n) is 4.84. The Morgan fingerprint density at radius 1 is 1.16 bits per heavy atom. The number of nitrogens with one attached hydrogen (secondary N) is 1. The Morgan fingerprint density at radius 2 is 1.79 bits per heavy atom. The third-order valence-electron chi connectivity index (χ3n) is 2.03. The van der Waals surface area contributed by atoms with Crippen LogP contribution in [0.15, 0.2) is 35.5 Å². The number of rotatable bonds is 3. The summed E-state index contributed by atoms with van der Waals surface area (Å²) in [7, 11) is -4.45. The summed E-state index contributed by atoms with van der Waals surface area (Å²) in [6.45, 7) is 0. The highest BCUT2D eigenvalue weighted by molar-refractivity contribution is 7.92. The fourth-order valence-electron chi connectivity index (χ4n) is 1.32. The van der Waals surface area contributed by atoms with Crippen molar-refractivity contribution in [1.82, 2.24) is 9.97 Å². The van der Waals surface area contributed by atoms with Crippen LogP contribution in [0.3, 0.4) is 0 Å². The number of halogens is 3. The van der Waals surface area contributed by atoms with Crippen LogP contribution < -0.4 is 4.72 Å². The lowest BCUT2D eigenvalue weighted by Crippen LogP contribution is -2.17. The lowest BCUT2D eigenvalue weighted by atomic mass is 10.3. The molecule has 5 nitrogen and oxygen atoms in total. The van der Waals surface area contributed by atoms with Crippen molar-refractivity contribution in [1.29, 1.82) is 0 Å². The first-order valence-corrected chi connectivity index (χ1v) is 6.70. The van der Waals surface area contributed by atoms with Gasteiger partial charge in [-0.2, -0.15) is 0 Å². The first-order chi connectivity index (χ1) is 8.90. The highest BCUT2D eigenvalue weighted by atomic mass is 35.5. The Labute approximate surface area is 112 Å². The number of benzene rings is 1. The molecule has 0 unspecified atom stereocenters. The van der Waals surface area contributed by atoms with Gasteiger partial charge in [0.25, 0.3) is 10.0 Å². The van der Waals surface area contributed by atoms with Crippen molar-refractivity contribution < 1.29 is 17.2 Å². The van der Waals surface area contributed by atoms with E-state index in [-0.39, 0.29) is 11.0 Å². The Kier molecular flexibility index (Phi) is 3.63. The fourth-order valence-corrected chi connectivity index (χ4v) is 2.59. The van der Waals surface area contributed by atoms with Gasteiger partial charge in [0.05, 0.1) is 12.4 Å². The van der Waals surface area contributed by atoms with E-state index in [0.29, 0.717) is 0 Å². The van der Waals surface area contributed by atoms with Gasteiger partial charge in [0.1, 0.15) is 16.8 Å². The largest absolute Gasteiger partial charge is 0.268 e. The maximum atomic E-state index is 13.4. The number of nitrogens with zero attached hydrogens (tertiary/aromatic N) is 2. The van der Waals surface area contributed by atoms with Gasteiger partial charge >= 0.3 is 0 Å². The molecule has 1 aromatic heterocycles. The van der Waals surface area contributed by atoms with Gasteiger partial charge in [0, 0.05) is 0 Å². The number of aromatic nitrogens is 2. The summed E-state index contributed by atoms with van der Waals surface area (Å²) in [4.78, 5) is 6.12. The molecule has 1 N–H and O–H groups in total. The molecule has 0 radical (unpaired) electrons. The van der Waals surface area contributed by atoms with Crippen LogP contribution in [-0.2, 0) is 10.0 Å². The average molecular weight is 306 g/mol. The molecule has 0 aliphatic carbocycles. The second kappa shape index (κ2) is 5.06. The van der Waals surface area contributed by atoms with Gasteiger partial charge in [-0.3, -0.25) is 9.71 Å². The smallest absolute Gasteiger partial charge is 0.262 e. The molecule has 0 amide bonds. The molecule has 0 atom stereocenters. The molecule has 2 aromatic rings. The summed E-state index contributed by atoms with van der Waals surface area (Å²) in [5.41, 5.74) is 0. The normalized spacial score (nSPS) is 11.3. The van der Waals surface area contributed by atoms with Crippen LogP contribution in [-0.4, -0.2) is 18.4 Å². The van der Waals surface area contributed by atoms with Gasteiger partial charge in [0.15, 0.2) is 10.7 Å². The topological polar surface area (TPSA) is 72.0 Å². The van der Waals surface area contributed by atoms with E-state index >= 15 is 0 Å². The van der Waals surface area contributed by atoms with Crippen molar-refractivity contribution in [3.63, 3.8) is 0 Å². The highest BCUT2D eigenvalue weighted by Gasteiger charge is 2.24. The van der Waals surface area contributed by atoms with E-state index in [4.69, 9.17) is 11.6 Å². The van der Waals surface area contributed by atoms with Gasteiger partial charge in [0.2, 0.25) is 0 Å². The molecule has 19 heavy (non-hydrogen) atoms. The monoisotopic (exact) mass is 305 g/mol. The fraction of sp³-hybridized carbons (Fsp3) is 0. The van der Waals surface area contributed by atoms with Crippen molar-refractivity contribution in [2.45, 2.75) is 4.90 Å². The molecule has 0 aliphatic rings. The summed E-state index contributed by atoms with van der Waals surface area (Å²) in [6.07, 6.45) is 2.24. The summed E-state index contributed by atoms with van der Waals surface area (Å²) >= 11 is 5.53. The standard InChI is InChI=1S/C10H6ClF2N3O2S/c11-8-4-14-5-9(15-8)16-19(17,18)10-6(12)2-1-3-7(10)13/h1-5H,(H,15,16). The number of hydrogen-bond acceptors (Lipinski definition) is 4. The van der Waals surface area contributed by atoms with Crippen LogP contribution in [0.2, 0.25) is 5.15 Å². The molecule has 1 heterocycles. The molecular formula is C10H6ClF2N3O2S. The minimum absolute atomic E-state index is 0.0609. The van der Waals surface area contributed by atoms with Crippen LogP contribution in [0.5, 0.6) is 0 Å². The van der Waals surface area contributed by atoms with E-state index in [0.717, 1.165) is 24.4 Å². The summed E-state index contributed by atoms with van der Waals surface area (Å²) in [5.74, 6) is -2.65. The zero-order chi connectivity index (χ0) is 14.0. The van der Waals surface area contributed by atoms with Crippen molar-refractivity contribution in [3.05, 3.63) is 47.4 Å². The van der Waals surface area contributed by atoms with E-state index < -0.39 is 26.6 Å². The molecule has 100 valence electrons. The number of anilines is 1. The zero-order valence-electron chi connectivity index (χ0n) is 9.14. The lowest BCUT2D eigenvalue weighted by Gasteiger charge is -2.08. The second-order valence-electron chi connectivity index (χ2n) is 3.38. The molecule has 0 fully saturated rings. The predicted octanol–water partition coefficient (Wildman–Crippen LogP) is 2.21. The molecule has 0 spiro atoms. The maximum Gasteiger partial charge on any atom is 0.268 e. The van der Waals surface area contributed by atoms with Crippen molar-refractivity contribution in [2.24, 2.45) is 0 Å². The van der Waals surface area contributed by atoms with Gasteiger partial charge in [-0.1, -0.05) is 17.7 Å². The van der Waals surface area contributed by atoms with E-state index in [1.165, 1.54) is 6.20 Å². The second-order valence-corrected chi connectivity index (χ2v) is 5.39. The molecular weight excluding hydrogens is 300 g/mol. The van der Waals surface area contributed by atoms with E-state index in [9.17, 15) is 17.2 Å². The highest BCUT2D eigenvalue weighted by Crippen LogP contribution is 2.21. The molecule has 0 bridgehead atoms. The third-order valence-corrected chi connectivity index (χ3v) is 3.62. The van der Waals surface area contributed by atoms with E-state index in [2.05, 4.69) is 9.97 Å². The minimum atomic E-state index is -4.45. The van der Waals surface area contributed by atoms with Gasteiger partial charge < -0.3 is 0 Å². The van der Waals surface area contributed by atoms with Gasteiger partial charge in [-0.05, 0) is 12.1 Å². The summed E-state index contributed by atoms with van der Waals surface area (Å²) in [6, 6.07) is 2.73. The van der Waals surface area contributed by atoms with Crippen LogP contribution in [0, 0.1) is 11.6 Å². The lowest BCUT2D eigenvalue weighted by molar-refractivity contribution is 0.521. The van der Waals surface area contributed by atoms with Crippen LogP contribution in [0.25, 0.3) is 0 Å². The summed E-state index contributed by atoms with van der Waals surface area (Å²) < 4.78 is 52.4. The van der Waals surface area contributed by atoms with Crippen LogP contribution in [0.1, 0.15) is 0 Å². The Balaban J connectivity index is 2.44. The maximum absolute atomic E-state index is 13.4. The predicted molar refractivity (Wildman–Crippen MR) is 64.2 cm³/mol. The van der Waals surface area contributed by atoms with Gasteiger partial charge in [-0.15, -0.1) is 0 Å². The van der Waals surface area contributed by atoms with E-state index in [1.807, 2.05) is 4.72 Å². The SMILES string of the molecule is O=S(=O)(Nc1cncc(Cl)n1)c1c(F)cccc1F. The first kappa shape index (κ1) is 13.6. The Hall–Kier alpha value is -1.80. The number of hydrogen-bond donors (Lipinski definition) is 1. The summed E-state index contributed by atoms with van der Waals surface area (Å²) in [5, 5.41) is -0.0609. The van der Waals surface area contributed by atoms with Crippen molar-refractivity contribution in [2.75, 3.05) is 4.72 Å².